The summed E-state index contributed by atoms with van der Waals surface area (Å²) < 4.78 is 27.9. The molecule has 2 aliphatic rings. The summed E-state index contributed by atoms with van der Waals surface area (Å²) >= 11 is 0. The molecule has 10 heteroatoms. The molecule has 2 saturated heterocycles. The maximum Gasteiger partial charge on any atom is 0.254 e. The van der Waals surface area contributed by atoms with Crippen LogP contribution in [0.5, 0.6) is 0 Å². The van der Waals surface area contributed by atoms with Crippen LogP contribution in [0.1, 0.15) is 85.7 Å². The molecule has 0 saturated carbocycles. The number of likely N-dealkylation sites (tertiary alicyclic amines) is 1. The Morgan fingerprint density at radius 2 is 1.25 bits per heavy atom. The molecule has 0 aromatic heterocycles. The monoisotopic (exact) mass is 764 g/mol. The van der Waals surface area contributed by atoms with Gasteiger partial charge in [-0.2, -0.15) is 4.31 Å². The molecule has 2 atom stereocenters. The van der Waals surface area contributed by atoms with Gasteiger partial charge in [-0.3, -0.25) is 9.59 Å². The molecule has 0 radical (unpaired) electrons. The van der Waals surface area contributed by atoms with Gasteiger partial charge in [0.25, 0.3) is 5.91 Å². The number of nitrogens with zero attached hydrogens (tertiary/aromatic N) is 2. The van der Waals surface area contributed by atoms with E-state index in [1.54, 1.807) is 41.3 Å². The Bertz CT molecular complexity index is 1860. The van der Waals surface area contributed by atoms with E-state index in [1.807, 2.05) is 24.3 Å². The molecule has 4 aromatic carbocycles. The van der Waals surface area contributed by atoms with Gasteiger partial charge in [-0.25, -0.2) is 8.42 Å². The number of nitrogens with two attached hydrogens (primary N) is 1. The lowest BCUT2D eigenvalue weighted by atomic mass is 9.96. The maximum atomic E-state index is 13.9. The standard InChI is InChI=1S/C44H51N3O5S.CH5N/c48-33-40-21-7-10-32-47(40)53(51,52)41-29-27-37(28-30-41)36-23-25-38(26-24-36)44(50)46-31-9-8-22-42(46)43(49)45-39(19-11-17-34-13-3-1-4-14-34)20-12-18-35-15-5-2-6-16-35;1-2/h1-6,13-16,23-30,33,39-40,42H,7-12,17-22,31-32H2,(H,45,49);2H2,1H3/t40-,42?;/m0./s1. The van der Waals surface area contributed by atoms with Crippen LogP contribution in [-0.2, 0) is 32.5 Å². The SMILES string of the molecule is CN.O=C[C@@H]1CCCCN1S(=O)(=O)c1ccc(-c2ccc(C(=O)N3CCCCC3C(=O)NC(CCCc3ccccc3)CCCc3ccccc3)cc2)cc1. The van der Waals surface area contributed by atoms with Crippen LogP contribution in [0.25, 0.3) is 11.1 Å². The van der Waals surface area contributed by atoms with Crippen LogP contribution < -0.4 is 11.1 Å². The quantitative estimate of drug-likeness (QED) is 0.123. The number of hydrogen-bond acceptors (Lipinski definition) is 6. The summed E-state index contributed by atoms with van der Waals surface area (Å²) in [6.45, 7) is 0.871. The number of carbonyl (C=O) groups is 3. The summed E-state index contributed by atoms with van der Waals surface area (Å²) in [6.07, 6.45) is 10.8. The van der Waals surface area contributed by atoms with E-state index in [0.717, 1.165) is 81.6 Å². The van der Waals surface area contributed by atoms with Crippen LogP contribution in [0.3, 0.4) is 0 Å². The molecule has 292 valence electrons. The lowest BCUT2D eigenvalue weighted by molar-refractivity contribution is -0.127. The third kappa shape index (κ3) is 11.2. The summed E-state index contributed by atoms with van der Waals surface area (Å²) in [6, 6.07) is 33.7. The highest BCUT2D eigenvalue weighted by Crippen LogP contribution is 2.28. The summed E-state index contributed by atoms with van der Waals surface area (Å²) in [4.78, 5) is 41.3. The van der Waals surface area contributed by atoms with Crippen LogP contribution >= 0.6 is 0 Å². The molecule has 55 heavy (non-hydrogen) atoms. The summed E-state index contributed by atoms with van der Waals surface area (Å²) in [5, 5.41) is 3.37. The zero-order chi connectivity index (χ0) is 39.0. The van der Waals surface area contributed by atoms with Crippen molar-refractivity contribution in [2.45, 2.75) is 100 Å². The van der Waals surface area contributed by atoms with E-state index >= 15 is 0 Å². The van der Waals surface area contributed by atoms with Gasteiger partial charge in [0.15, 0.2) is 0 Å². The third-order valence-corrected chi connectivity index (χ3v) is 12.7. The largest absolute Gasteiger partial charge is 0.352 e. The second-order valence-electron chi connectivity index (χ2n) is 14.4. The van der Waals surface area contributed by atoms with Crippen molar-refractivity contribution >= 4 is 28.1 Å². The van der Waals surface area contributed by atoms with Crippen molar-refractivity contribution in [2.24, 2.45) is 5.73 Å². The van der Waals surface area contributed by atoms with Crippen molar-refractivity contribution in [1.82, 2.24) is 14.5 Å². The van der Waals surface area contributed by atoms with Crippen LogP contribution in [0.2, 0.25) is 0 Å². The van der Waals surface area contributed by atoms with E-state index in [-0.39, 0.29) is 22.8 Å². The average molecular weight is 765 g/mol. The zero-order valence-corrected chi connectivity index (χ0v) is 32.8. The van der Waals surface area contributed by atoms with Gasteiger partial charge >= 0.3 is 0 Å². The third-order valence-electron chi connectivity index (χ3n) is 10.7. The molecular weight excluding hydrogens is 709 g/mol. The molecule has 1 unspecified atom stereocenters. The molecule has 2 fully saturated rings. The van der Waals surface area contributed by atoms with Crippen molar-refractivity contribution in [3.05, 3.63) is 126 Å². The Hall–Kier alpha value is -4.64. The number of carbonyl (C=O) groups excluding carboxylic acids is 3. The number of rotatable bonds is 15. The molecule has 4 aromatic rings. The van der Waals surface area contributed by atoms with Crippen molar-refractivity contribution in [2.75, 3.05) is 20.1 Å². The zero-order valence-electron chi connectivity index (χ0n) is 32.0. The molecular formula is C45H56N4O5S. The number of aldehydes is 1. The van der Waals surface area contributed by atoms with E-state index < -0.39 is 22.1 Å². The van der Waals surface area contributed by atoms with Crippen LogP contribution in [-0.4, -0.2) is 74.0 Å². The first kappa shape index (κ1) is 41.5. The van der Waals surface area contributed by atoms with Crippen molar-refractivity contribution in [1.29, 1.82) is 0 Å². The van der Waals surface area contributed by atoms with Gasteiger partial charge in [-0.05, 0) is 124 Å². The minimum atomic E-state index is -3.79. The van der Waals surface area contributed by atoms with Crippen LogP contribution in [0, 0.1) is 0 Å². The summed E-state index contributed by atoms with van der Waals surface area (Å²) in [7, 11) is -2.29. The molecule has 0 bridgehead atoms. The lowest BCUT2D eigenvalue weighted by Crippen LogP contribution is -2.53. The predicted molar refractivity (Wildman–Crippen MR) is 219 cm³/mol. The highest BCUT2D eigenvalue weighted by Gasteiger charge is 2.35. The fraction of sp³-hybridized carbons (Fsp3) is 0.400. The first-order chi connectivity index (χ1) is 26.8. The van der Waals surface area contributed by atoms with E-state index in [4.69, 9.17) is 0 Å². The number of benzene rings is 4. The first-order valence-corrected chi connectivity index (χ1v) is 21.2. The number of sulfonamides is 1. The van der Waals surface area contributed by atoms with E-state index in [9.17, 15) is 22.8 Å². The average Bonchev–Trinajstić information content (AvgIpc) is 3.25. The van der Waals surface area contributed by atoms with Gasteiger partial charge in [0.2, 0.25) is 15.9 Å². The topological polar surface area (TPSA) is 130 Å². The fourth-order valence-electron chi connectivity index (χ4n) is 7.72. The molecule has 2 amide bonds. The lowest BCUT2D eigenvalue weighted by Gasteiger charge is -2.36. The summed E-state index contributed by atoms with van der Waals surface area (Å²) in [5.41, 5.74) is 9.26. The Balaban J connectivity index is 0.00000285. The van der Waals surface area contributed by atoms with Gasteiger partial charge in [-0.1, -0.05) is 91.3 Å². The van der Waals surface area contributed by atoms with Crippen molar-refractivity contribution in [3.8, 4) is 11.1 Å². The second-order valence-corrected chi connectivity index (χ2v) is 16.3. The van der Waals surface area contributed by atoms with Gasteiger partial charge < -0.3 is 20.7 Å². The number of aryl methyl sites for hydroxylation is 2. The number of hydrogen-bond donors (Lipinski definition) is 2. The minimum Gasteiger partial charge on any atom is -0.352 e. The summed E-state index contributed by atoms with van der Waals surface area (Å²) in [5.74, 6) is -0.230. The predicted octanol–water partition coefficient (Wildman–Crippen LogP) is 7.20. The highest BCUT2D eigenvalue weighted by atomic mass is 32.2. The Morgan fingerprint density at radius 3 is 1.82 bits per heavy atom. The second kappa shape index (κ2) is 20.9. The Kier molecular flexibility index (Phi) is 15.8. The fourth-order valence-corrected chi connectivity index (χ4v) is 9.35. The van der Waals surface area contributed by atoms with E-state index in [2.05, 4.69) is 59.6 Å². The van der Waals surface area contributed by atoms with E-state index in [0.29, 0.717) is 31.5 Å². The Labute approximate surface area is 327 Å². The smallest absolute Gasteiger partial charge is 0.254 e. The van der Waals surface area contributed by atoms with Gasteiger partial charge in [0.05, 0.1) is 10.9 Å². The van der Waals surface area contributed by atoms with Crippen LogP contribution in [0.4, 0.5) is 0 Å². The highest BCUT2D eigenvalue weighted by molar-refractivity contribution is 7.89. The van der Waals surface area contributed by atoms with Crippen molar-refractivity contribution < 1.29 is 22.8 Å². The Morgan fingerprint density at radius 1 is 0.727 bits per heavy atom. The van der Waals surface area contributed by atoms with Crippen molar-refractivity contribution in [3.63, 3.8) is 0 Å². The minimum absolute atomic E-state index is 0.0285. The first-order valence-electron chi connectivity index (χ1n) is 19.8. The number of amides is 2. The molecule has 2 heterocycles. The molecule has 9 nitrogen and oxygen atoms in total. The molecule has 3 N–H and O–H groups in total. The number of piperidine rings is 2. The number of nitrogens with one attached hydrogen (secondary N) is 1. The van der Waals surface area contributed by atoms with Crippen LogP contribution in [0.15, 0.2) is 114 Å². The van der Waals surface area contributed by atoms with E-state index in [1.165, 1.54) is 22.5 Å². The van der Waals surface area contributed by atoms with Gasteiger partial charge in [0, 0.05) is 24.7 Å². The molecule has 2 aliphatic heterocycles. The maximum absolute atomic E-state index is 13.9. The molecule has 0 spiro atoms. The van der Waals surface area contributed by atoms with Gasteiger partial charge in [-0.15, -0.1) is 0 Å². The van der Waals surface area contributed by atoms with Gasteiger partial charge in [0.1, 0.15) is 12.3 Å². The molecule has 6 rings (SSSR count). The normalized spacial score (nSPS) is 17.5. The molecule has 0 aliphatic carbocycles.